The van der Waals surface area contributed by atoms with Crippen LogP contribution in [0.1, 0.15) is 55.6 Å². The number of halogens is 3. The van der Waals surface area contributed by atoms with Gasteiger partial charge in [-0.05, 0) is 0 Å². The van der Waals surface area contributed by atoms with Gasteiger partial charge in [-0.2, -0.15) is 0 Å². The first-order valence-electron chi connectivity index (χ1n) is 42.6. The fraction of sp³-hybridized carbons (Fsp3) is 0.0204. The largest absolute Gasteiger partial charge is 0.412 e. The second-order valence-electron chi connectivity index (χ2n) is 34.6. The number of amidine groups is 8. The first-order valence-corrected chi connectivity index (χ1v) is 58.2. The van der Waals surface area contributed by atoms with Gasteiger partial charge in [-0.1, -0.05) is 0 Å². The summed E-state index contributed by atoms with van der Waals surface area (Å²) >= 11 is -4.61. The van der Waals surface area contributed by atoms with Crippen LogP contribution in [0.4, 0.5) is 23.3 Å². The molecule has 12 bridgehead atoms. The molecule has 12 heterocycles. The molecule has 8 aliphatic rings. The molecule has 0 saturated carbocycles. The predicted octanol–water partition coefficient (Wildman–Crippen LogP) is 14.7. The monoisotopic (exact) mass is 2160 g/mol. The SMILES string of the molecule is Cc1cccc2cc3c(cc12)C1=NC3=Nc2c3cc4c(S(=O)(=O)Cl)cccc4cc3c3[n]2[Ga][n]2c(c4cc5cccc(S(=O)(=O)Cl)c5cc4c2=NC2=NC(=N3)c3cc4c(S(=O)(=O)Cl)cccc4cc32)=N1.Cc1cccc2cc3c(cc12)C1=NC3=Nc2c3cc4c(S(=O)(=O)O)cccc4cc3c3[n]2[Ga][n]2c(c4cc5cccc(S(=O)(=O)O)c5cc4c2=NC2=NC(=N3)c3cc4c(S(=O)(=O)O)cccc4cc32)=N1.O.O. The van der Waals surface area contributed by atoms with Crippen molar-refractivity contribution in [1.82, 2.24) is 13.1 Å². The van der Waals surface area contributed by atoms with Crippen LogP contribution in [-0.2, 0) is 57.5 Å². The van der Waals surface area contributed by atoms with Crippen molar-refractivity contribution in [1.29, 1.82) is 0 Å². The number of aryl methyl sites for hydroxylation is 2. The third kappa shape index (κ3) is 13.5. The summed E-state index contributed by atoms with van der Waals surface area (Å²) < 4.78 is 195. The molecule has 7 N–H and O–H groups in total. The van der Waals surface area contributed by atoms with Gasteiger partial charge < -0.3 is 11.0 Å². The zero-order valence-electron chi connectivity index (χ0n) is 72.2. The van der Waals surface area contributed by atoms with Gasteiger partial charge in [0.25, 0.3) is 0 Å². The maximum absolute atomic E-state index is 13.2. The minimum absolute atomic E-state index is 0. The van der Waals surface area contributed by atoms with Gasteiger partial charge in [0.1, 0.15) is 0 Å². The molecule has 0 unspecified atom stereocenters. The van der Waals surface area contributed by atoms with E-state index in [0.29, 0.717) is 194 Å². The molecule has 0 fully saturated rings. The van der Waals surface area contributed by atoms with Crippen LogP contribution in [-0.4, -0.2) is 171 Å². The second-order valence-corrected chi connectivity index (χ2v) is 51.7. The molecule has 0 spiro atoms. The van der Waals surface area contributed by atoms with E-state index in [1.165, 1.54) is 48.5 Å². The van der Waals surface area contributed by atoms with E-state index in [1.807, 2.05) is 99.7 Å². The Bertz CT molecular complexity index is 10400. The molecule has 0 atom stereocenters. The molecule has 16 aromatic carbocycles. The van der Waals surface area contributed by atoms with Crippen molar-refractivity contribution in [2.75, 3.05) is 0 Å². The minimum Gasteiger partial charge on any atom is -0.412 e. The number of nitrogens with zero attached hydrogens (tertiary/aromatic N) is 16. The van der Waals surface area contributed by atoms with E-state index in [-0.39, 0.29) is 79.8 Å². The average molecular weight is 2160 g/mol. The number of rotatable bonds is 6. The van der Waals surface area contributed by atoms with Crippen LogP contribution < -0.4 is 22.0 Å². The summed E-state index contributed by atoms with van der Waals surface area (Å²) in [5.74, 6) is 3.75. The Hall–Kier alpha value is -14.0. The summed E-state index contributed by atoms with van der Waals surface area (Å²) in [7, 11) is -8.58. The summed E-state index contributed by atoms with van der Waals surface area (Å²) in [6.45, 7) is 4.06. The van der Waals surface area contributed by atoms with Gasteiger partial charge in [0.15, 0.2) is 0 Å². The fourth-order valence-corrected chi connectivity index (χ4v) is 31.9. The van der Waals surface area contributed by atoms with Crippen molar-refractivity contribution in [2.24, 2.45) is 59.9 Å². The van der Waals surface area contributed by atoms with Gasteiger partial charge in [-0.15, -0.1) is 0 Å². The topological polar surface area (TPSA) is 497 Å². The molecule has 690 valence electrons. The standard InChI is InChI=1S/C49H23Cl3N8O6S3.C49H26N8O9S3.2Ga.2H2O/c1-22-6-2-7-23-14-31-35(18-27(22)23)46-53-42(31)55-47-37-20-29-25(9-4-12-40(29)68(51,63)64)16-33(37)44(57-47)59-49-38-21-30-26(10-5-13-41(30)69(52,65)66)17-34(38)45(60-49)58-48-36-19-28-24(15-32(36)43(54-46)56-48)8-3-11-39(28)67(50,61)62;1-22-6-2-7-23-14-31-35(18-27(22)23)46-50-42(31)52-47-37-20-29-25(9-4-12-40(29)68(61,62)63)16-33(37)44(54-47)56-49-38-21-30-26(10-5-13-41(30)69(64,65)66)17-34(38)45(57-49)55-48-36-19-28-24(15-32(36)43(51-46)53-48)8-3-11-39(28)67(58,59)60;;;;/h2-21H,1H3;2-21H,1H3,(H3-2,50,51,52,53,54,55,56,57,58,59,60,61,62,63,64,65,66);;;2*1H2/q2*-2;2*+2;;. The molecule has 8 aliphatic heterocycles. The normalized spacial score (nSPS) is 14.8. The Morgan fingerprint density at radius 3 is 0.697 bits per heavy atom. The number of hydrogen-bond donors (Lipinski definition) is 3. The molecule has 0 aliphatic carbocycles. The van der Waals surface area contributed by atoms with Crippen molar-refractivity contribution in [3.8, 4) is 0 Å². The minimum atomic E-state index is -4.72. The van der Waals surface area contributed by atoms with E-state index in [9.17, 15) is 64.2 Å². The quantitative estimate of drug-likeness (QED) is 0.0791. The molecule has 0 amide bonds. The van der Waals surface area contributed by atoms with E-state index in [1.54, 1.807) is 115 Å². The molecule has 20 aromatic rings. The number of benzene rings is 16. The van der Waals surface area contributed by atoms with Crippen molar-refractivity contribution < 1.29 is 75.1 Å². The van der Waals surface area contributed by atoms with Crippen molar-refractivity contribution in [3.05, 3.63) is 320 Å². The third-order valence-corrected chi connectivity index (χ3v) is 39.6. The molecule has 28 rings (SSSR count). The Morgan fingerprint density at radius 2 is 0.415 bits per heavy atom. The zero-order valence-corrected chi connectivity index (χ0v) is 84.2. The summed E-state index contributed by atoms with van der Waals surface area (Å²) in [5.41, 5.74) is 8.41. The molecule has 4 aromatic heterocycles. The molecule has 2 radical (unpaired) electrons. The number of fused-ring (bicyclic) bond motifs is 36. The Kier molecular flexibility index (Phi) is 19.3. The molecule has 142 heavy (non-hydrogen) atoms. The first kappa shape index (κ1) is 89.3. The Labute approximate surface area is 828 Å². The van der Waals surface area contributed by atoms with Gasteiger partial charge in [-0.25, -0.2) is 0 Å². The van der Waals surface area contributed by atoms with Crippen molar-refractivity contribution >= 4 is 325 Å². The number of aromatic nitrogens is 4. The van der Waals surface area contributed by atoms with Gasteiger partial charge >= 0.3 is 825 Å². The maximum atomic E-state index is 13.2. The fourth-order valence-electron chi connectivity index (χ4n) is 20.4. The van der Waals surface area contributed by atoms with Gasteiger partial charge in [-0.3, -0.25) is 0 Å². The van der Waals surface area contributed by atoms with E-state index in [4.69, 9.17) is 92.0 Å². The molecule has 33 nitrogen and oxygen atoms in total. The van der Waals surface area contributed by atoms with Gasteiger partial charge in [0.05, 0.1) is 0 Å². The number of aliphatic imine (C=N–C) groups is 8. The van der Waals surface area contributed by atoms with Gasteiger partial charge in [0.2, 0.25) is 0 Å². The average Bonchev–Trinajstić information content (AvgIpc) is 1.55. The molecular formula is C98H53Cl3Ga2N16O17S6. The molecule has 0 saturated heterocycles. The van der Waals surface area contributed by atoms with Crippen LogP contribution in [0.2, 0.25) is 0 Å². The molecular weight excluding hydrogens is 2110 g/mol. The van der Waals surface area contributed by atoms with Gasteiger partial charge in [0, 0.05) is 0 Å². The third-order valence-electron chi connectivity index (χ3n) is 26.6. The zero-order chi connectivity index (χ0) is 95.8. The Morgan fingerprint density at radius 1 is 0.218 bits per heavy atom. The summed E-state index contributed by atoms with van der Waals surface area (Å²) in [4.78, 5) is 62.1. The summed E-state index contributed by atoms with van der Waals surface area (Å²) in [6, 6.07) is 69.4. The Balaban J connectivity index is 0.000000147. The summed E-state index contributed by atoms with van der Waals surface area (Å²) in [5, 5.41) is 13.1. The van der Waals surface area contributed by atoms with Crippen LogP contribution in [0.5, 0.6) is 0 Å². The van der Waals surface area contributed by atoms with E-state index >= 15 is 0 Å². The van der Waals surface area contributed by atoms with Crippen molar-refractivity contribution in [3.63, 3.8) is 0 Å². The smallest absolute Gasteiger partial charge is 0.412 e. The van der Waals surface area contributed by atoms with Crippen LogP contribution in [0.3, 0.4) is 0 Å². The predicted molar refractivity (Wildman–Crippen MR) is 547 cm³/mol. The van der Waals surface area contributed by atoms with Crippen LogP contribution in [0.15, 0.2) is 332 Å². The maximum Gasteiger partial charge on any atom is -0.412 e. The van der Waals surface area contributed by atoms with Crippen LogP contribution in [0.25, 0.3) is 129 Å². The number of hydrogen-bond acceptors (Lipinski definition) is 24. The van der Waals surface area contributed by atoms with E-state index < -0.39 is 93.3 Å². The van der Waals surface area contributed by atoms with E-state index in [0.717, 1.165) is 43.8 Å². The van der Waals surface area contributed by atoms with Crippen molar-refractivity contribution in [2.45, 2.75) is 43.2 Å². The summed E-state index contributed by atoms with van der Waals surface area (Å²) in [6.07, 6.45) is 0. The van der Waals surface area contributed by atoms with Crippen LogP contribution in [0, 0.1) is 13.8 Å². The molecule has 44 heteroatoms. The van der Waals surface area contributed by atoms with E-state index in [2.05, 4.69) is 6.07 Å². The van der Waals surface area contributed by atoms with Crippen LogP contribution >= 0.6 is 32.0 Å². The first-order chi connectivity index (χ1) is 66.9. The second kappa shape index (κ2) is 30.7.